The minimum absolute atomic E-state index is 0.0348. The summed E-state index contributed by atoms with van der Waals surface area (Å²) in [6.45, 7) is 4.46. The number of carbonyl (C=O) groups excluding carboxylic acids is 2. The number of anilines is 1. The van der Waals surface area contributed by atoms with Crippen molar-refractivity contribution in [2.24, 2.45) is 0 Å². The lowest BCUT2D eigenvalue weighted by atomic mass is 10.1. The number of nitrogens with zero attached hydrogens (tertiary/aromatic N) is 4. The molecule has 1 aromatic heterocycles. The molecule has 2 aliphatic heterocycles. The predicted molar refractivity (Wildman–Crippen MR) is 103 cm³/mol. The molecule has 0 N–H and O–H groups in total. The SMILES string of the molecule is Cc1ccc(N2CCN(C3CCN(Cc4ccc(F)cc4)C3=O)CC2=O)nc1. The van der Waals surface area contributed by atoms with Crippen LogP contribution in [0.1, 0.15) is 17.5 Å². The maximum absolute atomic E-state index is 13.1. The monoisotopic (exact) mass is 382 g/mol. The van der Waals surface area contributed by atoms with Crippen LogP contribution in [0.5, 0.6) is 0 Å². The molecule has 7 heteroatoms. The molecule has 4 rings (SSSR count). The van der Waals surface area contributed by atoms with E-state index in [0.29, 0.717) is 38.4 Å². The van der Waals surface area contributed by atoms with Crippen molar-refractivity contribution in [1.82, 2.24) is 14.8 Å². The van der Waals surface area contributed by atoms with Crippen LogP contribution in [-0.2, 0) is 16.1 Å². The lowest BCUT2D eigenvalue weighted by Crippen LogP contribution is -2.55. The Hall–Kier alpha value is -2.80. The molecule has 0 radical (unpaired) electrons. The number of aryl methyl sites for hydroxylation is 1. The van der Waals surface area contributed by atoms with Gasteiger partial charge in [-0.25, -0.2) is 9.37 Å². The van der Waals surface area contributed by atoms with Crippen LogP contribution in [0.2, 0.25) is 0 Å². The third-order valence-electron chi connectivity index (χ3n) is 5.42. The number of aromatic nitrogens is 1. The second kappa shape index (κ2) is 7.67. The van der Waals surface area contributed by atoms with Crippen molar-refractivity contribution >= 4 is 17.6 Å². The standard InChI is InChI=1S/C21H23FN4O2/c1-15-2-7-19(23-12-15)26-11-10-24(14-20(26)27)18-8-9-25(21(18)28)13-16-3-5-17(22)6-4-16/h2-7,12,18H,8-11,13-14H2,1H3. The van der Waals surface area contributed by atoms with Crippen LogP contribution in [-0.4, -0.2) is 58.8 Å². The van der Waals surface area contributed by atoms with Crippen molar-refractivity contribution in [3.63, 3.8) is 0 Å². The summed E-state index contributed by atoms with van der Waals surface area (Å²) in [5.74, 6) is 0.381. The average Bonchev–Trinajstić information content (AvgIpc) is 3.05. The molecule has 1 aromatic carbocycles. The molecule has 1 unspecified atom stereocenters. The smallest absolute Gasteiger partial charge is 0.242 e. The molecule has 0 aliphatic carbocycles. The van der Waals surface area contributed by atoms with Gasteiger partial charge in [0.2, 0.25) is 11.8 Å². The summed E-state index contributed by atoms with van der Waals surface area (Å²) in [5, 5.41) is 0. The zero-order valence-corrected chi connectivity index (χ0v) is 15.8. The minimum Gasteiger partial charge on any atom is -0.337 e. The summed E-state index contributed by atoms with van der Waals surface area (Å²) in [7, 11) is 0. The molecule has 0 saturated carbocycles. The zero-order valence-electron chi connectivity index (χ0n) is 15.8. The van der Waals surface area contributed by atoms with E-state index in [1.54, 1.807) is 28.1 Å². The van der Waals surface area contributed by atoms with Crippen LogP contribution in [0.3, 0.4) is 0 Å². The molecule has 2 fully saturated rings. The number of benzene rings is 1. The fraction of sp³-hybridized carbons (Fsp3) is 0.381. The Bertz CT molecular complexity index is 869. The van der Waals surface area contributed by atoms with E-state index in [0.717, 1.165) is 11.1 Å². The van der Waals surface area contributed by atoms with Crippen LogP contribution >= 0.6 is 0 Å². The molecule has 2 aromatic rings. The van der Waals surface area contributed by atoms with Crippen molar-refractivity contribution < 1.29 is 14.0 Å². The van der Waals surface area contributed by atoms with E-state index in [4.69, 9.17) is 0 Å². The second-order valence-electron chi connectivity index (χ2n) is 7.40. The van der Waals surface area contributed by atoms with Gasteiger partial charge in [-0.05, 0) is 42.7 Å². The van der Waals surface area contributed by atoms with E-state index < -0.39 is 0 Å². The van der Waals surface area contributed by atoms with Gasteiger partial charge in [0.05, 0.1) is 12.6 Å². The van der Waals surface area contributed by atoms with E-state index in [2.05, 4.69) is 4.98 Å². The van der Waals surface area contributed by atoms with Crippen LogP contribution in [0.4, 0.5) is 10.2 Å². The van der Waals surface area contributed by atoms with E-state index in [1.807, 2.05) is 24.0 Å². The van der Waals surface area contributed by atoms with Gasteiger partial charge in [-0.3, -0.25) is 19.4 Å². The van der Waals surface area contributed by atoms with E-state index in [-0.39, 0.29) is 30.2 Å². The number of hydrogen-bond acceptors (Lipinski definition) is 4. The summed E-state index contributed by atoms with van der Waals surface area (Å²) in [6, 6.07) is 9.75. The molecular weight excluding hydrogens is 359 g/mol. The molecule has 3 heterocycles. The van der Waals surface area contributed by atoms with Gasteiger partial charge in [0.25, 0.3) is 0 Å². The highest BCUT2D eigenvalue weighted by Gasteiger charge is 2.39. The topological polar surface area (TPSA) is 56.8 Å². The number of halogens is 1. The maximum Gasteiger partial charge on any atom is 0.242 e. The first-order chi connectivity index (χ1) is 13.5. The molecule has 146 valence electrons. The Labute approximate surface area is 163 Å². The summed E-state index contributed by atoms with van der Waals surface area (Å²) < 4.78 is 13.1. The van der Waals surface area contributed by atoms with Gasteiger partial charge in [-0.2, -0.15) is 0 Å². The van der Waals surface area contributed by atoms with E-state index in [1.165, 1.54) is 12.1 Å². The van der Waals surface area contributed by atoms with Gasteiger partial charge in [0, 0.05) is 32.4 Å². The highest BCUT2D eigenvalue weighted by Crippen LogP contribution is 2.23. The quantitative estimate of drug-likeness (QED) is 0.812. The van der Waals surface area contributed by atoms with Crippen molar-refractivity contribution in [3.05, 3.63) is 59.5 Å². The molecule has 2 amide bonds. The third-order valence-corrected chi connectivity index (χ3v) is 5.42. The number of hydrogen-bond donors (Lipinski definition) is 0. The normalized spacial score (nSPS) is 20.9. The molecule has 0 bridgehead atoms. The van der Waals surface area contributed by atoms with E-state index in [9.17, 15) is 14.0 Å². The maximum atomic E-state index is 13.1. The van der Waals surface area contributed by atoms with Gasteiger partial charge in [0.15, 0.2) is 0 Å². The first-order valence-corrected chi connectivity index (χ1v) is 9.51. The Balaban J connectivity index is 1.38. The van der Waals surface area contributed by atoms with Gasteiger partial charge in [-0.1, -0.05) is 18.2 Å². The van der Waals surface area contributed by atoms with Gasteiger partial charge >= 0.3 is 0 Å². The number of likely N-dealkylation sites (tertiary alicyclic amines) is 1. The fourth-order valence-electron chi connectivity index (χ4n) is 3.85. The summed E-state index contributed by atoms with van der Waals surface area (Å²) in [4.78, 5) is 35.3. The predicted octanol–water partition coefficient (Wildman–Crippen LogP) is 1.98. The number of piperazine rings is 1. The molecule has 2 aliphatic rings. The Morgan fingerprint density at radius 2 is 1.86 bits per heavy atom. The van der Waals surface area contributed by atoms with Gasteiger partial charge in [0.1, 0.15) is 11.6 Å². The molecule has 2 saturated heterocycles. The van der Waals surface area contributed by atoms with Crippen LogP contribution in [0, 0.1) is 12.7 Å². The molecule has 6 nitrogen and oxygen atoms in total. The highest BCUT2D eigenvalue weighted by molar-refractivity contribution is 5.95. The molecule has 0 spiro atoms. The summed E-state index contributed by atoms with van der Waals surface area (Å²) >= 11 is 0. The van der Waals surface area contributed by atoms with Crippen molar-refractivity contribution in [1.29, 1.82) is 0 Å². The minimum atomic E-state index is -0.283. The van der Waals surface area contributed by atoms with Crippen LogP contribution in [0.15, 0.2) is 42.6 Å². The summed E-state index contributed by atoms with van der Waals surface area (Å²) in [5.41, 5.74) is 1.95. The van der Waals surface area contributed by atoms with Gasteiger partial charge in [-0.15, -0.1) is 0 Å². The Kier molecular flexibility index (Phi) is 5.09. The zero-order chi connectivity index (χ0) is 19.7. The first-order valence-electron chi connectivity index (χ1n) is 9.51. The Morgan fingerprint density at radius 3 is 2.54 bits per heavy atom. The molecule has 1 atom stereocenters. The second-order valence-corrected chi connectivity index (χ2v) is 7.40. The molecule has 28 heavy (non-hydrogen) atoms. The van der Waals surface area contributed by atoms with Crippen molar-refractivity contribution in [2.45, 2.75) is 25.9 Å². The van der Waals surface area contributed by atoms with E-state index >= 15 is 0 Å². The third kappa shape index (κ3) is 3.75. The fourth-order valence-corrected chi connectivity index (χ4v) is 3.85. The molecular formula is C21H23FN4O2. The number of rotatable bonds is 4. The Morgan fingerprint density at radius 1 is 1.07 bits per heavy atom. The number of amides is 2. The van der Waals surface area contributed by atoms with Crippen LogP contribution < -0.4 is 4.90 Å². The van der Waals surface area contributed by atoms with Crippen molar-refractivity contribution in [3.8, 4) is 0 Å². The van der Waals surface area contributed by atoms with Gasteiger partial charge < -0.3 is 4.90 Å². The number of carbonyl (C=O) groups is 2. The van der Waals surface area contributed by atoms with Crippen molar-refractivity contribution in [2.75, 3.05) is 31.1 Å². The summed E-state index contributed by atoms with van der Waals surface area (Å²) in [6.07, 6.45) is 2.46. The van der Waals surface area contributed by atoms with Crippen LogP contribution in [0.25, 0.3) is 0 Å². The lowest BCUT2D eigenvalue weighted by Gasteiger charge is -2.36. The average molecular weight is 382 g/mol. The first kappa shape index (κ1) is 18.6. The highest BCUT2D eigenvalue weighted by atomic mass is 19.1. The largest absolute Gasteiger partial charge is 0.337 e. The number of pyridine rings is 1. The lowest BCUT2D eigenvalue weighted by molar-refractivity contribution is -0.134.